The van der Waals surface area contributed by atoms with Gasteiger partial charge in [-0.1, -0.05) is 0 Å². The number of hydrogen-bond acceptors (Lipinski definition) is 2. The summed E-state index contributed by atoms with van der Waals surface area (Å²) >= 11 is 2.16. The molecule has 0 amide bonds. The second-order valence-corrected chi connectivity index (χ2v) is 4.51. The van der Waals surface area contributed by atoms with Crippen LogP contribution in [0.3, 0.4) is 0 Å². The smallest absolute Gasteiger partial charge is 0.128 e. The molecular formula is C10H9FIN3. The summed E-state index contributed by atoms with van der Waals surface area (Å²) in [6.07, 6.45) is 3.56. The third-order valence-electron chi connectivity index (χ3n) is 2.11. The summed E-state index contributed by atoms with van der Waals surface area (Å²) in [6.45, 7) is 1.70. The van der Waals surface area contributed by atoms with Crippen molar-refractivity contribution in [2.24, 2.45) is 0 Å². The molecule has 0 unspecified atom stereocenters. The van der Waals surface area contributed by atoms with Gasteiger partial charge in [0.05, 0.1) is 21.1 Å². The van der Waals surface area contributed by atoms with E-state index in [1.54, 1.807) is 23.9 Å². The number of benzene rings is 1. The van der Waals surface area contributed by atoms with Crippen LogP contribution in [0.15, 0.2) is 24.5 Å². The second kappa shape index (κ2) is 3.80. The van der Waals surface area contributed by atoms with Crippen molar-refractivity contribution in [1.29, 1.82) is 0 Å². The van der Waals surface area contributed by atoms with Crippen LogP contribution in [0.2, 0.25) is 0 Å². The Morgan fingerprint density at radius 3 is 2.80 bits per heavy atom. The Morgan fingerprint density at radius 1 is 1.47 bits per heavy atom. The Morgan fingerprint density at radius 2 is 2.20 bits per heavy atom. The van der Waals surface area contributed by atoms with Gasteiger partial charge in [-0.25, -0.2) is 9.07 Å². The molecule has 0 spiro atoms. The van der Waals surface area contributed by atoms with E-state index in [-0.39, 0.29) is 5.82 Å². The third kappa shape index (κ3) is 1.97. The van der Waals surface area contributed by atoms with Crippen LogP contribution >= 0.6 is 22.6 Å². The first kappa shape index (κ1) is 10.4. The summed E-state index contributed by atoms with van der Waals surface area (Å²) in [5.74, 6) is -0.293. The van der Waals surface area contributed by atoms with Gasteiger partial charge in [0.15, 0.2) is 0 Å². The molecule has 0 bridgehead atoms. The molecule has 5 heteroatoms. The molecule has 0 fully saturated rings. The highest BCUT2D eigenvalue weighted by molar-refractivity contribution is 14.1. The lowest BCUT2D eigenvalue weighted by Gasteiger charge is -2.07. The first-order chi connectivity index (χ1) is 7.08. The monoisotopic (exact) mass is 317 g/mol. The predicted molar refractivity (Wildman–Crippen MR) is 65.4 cm³/mol. The first-order valence-electron chi connectivity index (χ1n) is 4.34. The van der Waals surface area contributed by atoms with E-state index >= 15 is 0 Å². The Labute approximate surface area is 100 Å². The summed E-state index contributed by atoms with van der Waals surface area (Å²) in [5.41, 5.74) is 7.38. The number of anilines is 1. The highest BCUT2D eigenvalue weighted by Crippen LogP contribution is 2.21. The van der Waals surface area contributed by atoms with Gasteiger partial charge in [-0.15, -0.1) is 0 Å². The van der Waals surface area contributed by atoms with Gasteiger partial charge in [0.1, 0.15) is 5.82 Å². The summed E-state index contributed by atoms with van der Waals surface area (Å²) in [4.78, 5) is 0. The molecule has 0 aliphatic carbocycles. The predicted octanol–water partition coefficient (Wildman–Crippen LogP) is 2.51. The fourth-order valence-electron chi connectivity index (χ4n) is 1.31. The largest absolute Gasteiger partial charge is 0.397 e. The second-order valence-electron chi connectivity index (χ2n) is 3.26. The van der Waals surface area contributed by atoms with Gasteiger partial charge >= 0.3 is 0 Å². The number of hydrogen-bond donors (Lipinski definition) is 1. The lowest BCUT2D eigenvalue weighted by atomic mass is 10.2. The van der Waals surface area contributed by atoms with E-state index in [4.69, 9.17) is 5.73 Å². The number of nitrogens with zero attached hydrogens (tertiary/aromatic N) is 2. The zero-order chi connectivity index (χ0) is 11.0. The molecule has 0 radical (unpaired) electrons. The average molecular weight is 317 g/mol. The molecule has 2 rings (SSSR count). The SMILES string of the molecule is Cc1cc(-n2cc(I)cn2)c(N)cc1F. The number of aromatic nitrogens is 2. The Hall–Kier alpha value is -1.11. The molecule has 1 heterocycles. The third-order valence-corrected chi connectivity index (χ3v) is 2.66. The standard InChI is InChI=1S/C10H9FIN3/c1-6-2-10(9(13)3-8(6)11)15-5-7(12)4-14-15/h2-5H,13H2,1H3. The maximum absolute atomic E-state index is 13.2. The zero-order valence-corrected chi connectivity index (χ0v) is 10.2. The number of nitrogens with two attached hydrogens (primary N) is 1. The first-order valence-corrected chi connectivity index (χ1v) is 5.42. The van der Waals surface area contributed by atoms with Crippen LogP contribution in [-0.2, 0) is 0 Å². The molecule has 0 atom stereocenters. The van der Waals surface area contributed by atoms with Crippen molar-refractivity contribution >= 4 is 28.3 Å². The van der Waals surface area contributed by atoms with Crippen LogP contribution in [0.5, 0.6) is 0 Å². The molecule has 0 saturated heterocycles. The van der Waals surface area contributed by atoms with Crippen LogP contribution in [-0.4, -0.2) is 9.78 Å². The molecule has 78 valence electrons. The van der Waals surface area contributed by atoms with E-state index in [9.17, 15) is 4.39 Å². The normalized spacial score (nSPS) is 10.6. The minimum absolute atomic E-state index is 0.293. The van der Waals surface area contributed by atoms with Crippen LogP contribution in [0.1, 0.15) is 5.56 Å². The van der Waals surface area contributed by atoms with E-state index in [0.29, 0.717) is 16.9 Å². The number of rotatable bonds is 1. The molecule has 15 heavy (non-hydrogen) atoms. The molecule has 0 aliphatic rings. The number of halogens is 2. The van der Waals surface area contributed by atoms with Crippen molar-refractivity contribution in [2.45, 2.75) is 6.92 Å². The molecule has 1 aromatic carbocycles. The number of nitrogen functional groups attached to an aromatic ring is 1. The van der Waals surface area contributed by atoms with Crippen molar-refractivity contribution in [2.75, 3.05) is 5.73 Å². The van der Waals surface area contributed by atoms with Gasteiger partial charge in [0, 0.05) is 6.20 Å². The van der Waals surface area contributed by atoms with Crippen LogP contribution < -0.4 is 5.73 Å². The van der Waals surface area contributed by atoms with Crippen molar-refractivity contribution in [3.63, 3.8) is 0 Å². The highest BCUT2D eigenvalue weighted by atomic mass is 127. The lowest BCUT2D eigenvalue weighted by Crippen LogP contribution is -2.02. The lowest BCUT2D eigenvalue weighted by molar-refractivity contribution is 0.618. The molecule has 0 saturated carbocycles. The van der Waals surface area contributed by atoms with Crippen molar-refractivity contribution in [3.05, 3.63) is 39.5 Å². The Kier molecular flexibility index (Phi) is 2.64. The van der Waals surface area contributed by atoms with Crippen LogP contribution in [0.4, 0.5) is 10.1 Å². The molecule has 2 N–H and O–H groups in total. The van der Waals surface area contributed by atoms with Gasteiger partial charge in [0.25, 0.3) is 0 Å². The minimum Gasteiger partial charge on any atom is -0.397 e. The molecule has 3 nitrogen and oxygen atoms in total. The topological polar surface area (TPSA) is 43.8 Å². The summed E-state index contributed by atoms with van der Waals surface area (Å²) < 4.78 is 15.8. The van der Waals surface area contributed by atoms with Crippen molar-refractivity contribution in [1.82, 2.24) is 9.78 Å². The fourth-order valence-corrected chi connectivity index (χ4v) is 1.70. The van der Waals surface area contributed by atoms with Gasteiger partial charge in [-0.05, 0) is 47.2 Å². The maximum Gasteiger partial charge on any atom is 0.128 e. The van der Waals surface area contributed by atoms with Crippen LogP contribution in [0.25, 0.3) is 5.69 Å². The minimum atomic E-state index is -0.293. The van der Waals surface area contributed by atoms with Gasteiger partial charge in [0.2, 0.25) is 0 Å². The Balaban J connectivity index is 2.58. The highest BCUT2D eigenvalue weighted by Gasteiger charge is 2.07. The molecule has 0 aliphatic heterocycles. The number of aryl methyl sites for hydroxylation is 1. The average Bonchev–Trinajstić information content (AvgIpc) is 2.58. The van der Waals surface area contributed by atoms with Gasteiger partial charge in [-0.2, -0.15) is 5.10 Å². The molecule has 1 aromatic heterocycles. The van der Waals surface area contributed by atoms with Gasteiger partial charge < -0.3 is 5.73 Å². The van der Waals surface area contributed by atoms with E-state index in [0.717, 1.165) is 3.57 Å². The summed E-state index contributed by atoms with van der Waals surface area (Å²) in [7, 11) is 0. The van der Waals surface area contributed by atoms with Gasteiger partial charge in [-0.3, -0.25) is 0 Å². The quantitative estimate of drug-likeness (QED) is 0.649. The van der Waals surface area contributed by atoms with Crippen LogP contribution in [0, 0.1) is 16.3 Å². The van der Waals surface area contributed by atoms with E-state index < -0.39 is 0 Å². The molecule has 2 aromatic rings. The van der Waals surface area contributed by atoms with E-state index in [2.05, 4.69) is 27.7 Å². The van der Waals surface area contributed by atoms with Crippen molar-refractivity contribution in [3.8, 4) is 5.69 Å². The zero-order valence-electron chi connectivity index (χ0n) is 8.04. The summed E-state index contributed by atoms with van der Waals surface area (Å²) in [5, 5.41) is 4.12. The summed E-state index contributed by atoms with van der Waals surface area (Å²) in [6, 6.07) is 3.01. The van der Waals surface area contributed by atoms with E-state index in [1.807, 2.05) is 6.20 Å². The maximum atomic E-state index is 13.2. The Bertz CT molecular complexity index is 507. The van der Waals surface area contributed by atoms with Crippen molar-refractivity contribution < 1.29 is 4.39 Å². The van der Waals surface area contributed by atoms with E-state index in [1.165, 1.54) is 6.07 Å². The molecular weight excluding hydrogens is 308 g/mol. The fraction of sp³-hybridized carbons (Fsp3) is 0.100.